The summed E-state index contributed by atoms with van der Waals surface area (Å²) < 4.78 is 5.88. The molecule has 0 bridgehead atoms. The van der Waals surface area contributed by atoms with E-state index in [2.05, 4.69) is 52.1 Å². The number of carbonyl (C=O) groups is 1. The first kappa shape index (κ1) is 20.2. The van der Waals surface area contributed by atoms with E-state index in [1.807, 2.05) is 41.3 Å². The molecule has 2 aromatic rings. The maximum Gasteiger partial charge on any atom is 0.258 e. The number of fused-ring (bicyclic) bond motifs is 1. The summed E-state index contributed by atoms with van der Waals surface area (Å²) in [5.41, 5.74) is 2.12. The number of benzene rings is 2. The minimum Gasteiger partial charge on any atom is -0.494 e. The SMILES string of the molecule is CCC1(c2ccc(OCCC(C)C)cc2)Nc2ccccc2C(=O)N1C(C)C. The molecule has 4 heteroatoms. The Kier molecular flexibility index (Phi) is 5.97. The van der Waals surface area contributed by atoms with E-state index in [-0.39, 0.29) is 11.9 Å². The fourth-order valence-electron chi connectivity index (χ4n) is 3.95. The molecule has 150 valence electrons. The van der Waals surface area contributed by atoms with Crippen LogP contribution in [0.15, 0.2) is 48.5 Å². The lowest BCUT2D eigenvalue weighted by molar-refractivity contribution is 0.0371. The van der Waals surface area contributed by atoms with Crippen LogP contribution in [0.4, 0.5) is 5.69 Å². The number of anilines is 1. The van der Waals surface area contributed by atoms with Crippen LogP contribution in [0.25, 0.3) is 0 Å². The second kappa shape index (κ2) is 8.26. The fourth-order valence-corrected chi connectivity index (χ4v) is 3.95. The first-order chi connectivity index (χ1) is 13.4. The van der Waals surface area contributed by atoms with Crippen LogP contribution in [0.3, 0.4) is 0 Å². The Balaban J connectivity index is 1.95. The number of para-hydroxylation sites is 1. The molecule has 0 aromatic heterocycles. The molecule has 1 unspecified atom stereocenters. The van der Waals surface area contributed by atoms with Gasteiger partial charge in [-0.1, -0.05) is 45.0 Å². The predicted molar refractivity (Wildman–Crippen MR) is 115 cm³/mol. The van der Waals surface area contributed by atoms with Gasteiger partial charge in [-0.25, -0.2) is 0 Å². The zero-order valence-corrected chi connectivity index (χ0v) is 17.7. The molecular weight excluding hydrogens is 348 g/mol. The van der Waals surface area contributed by atoms with Crippen molar-refractivity contribution in [1.29, 1.82) is 0 Å². The summed E-state index contributed by atoms with van der Waals surface area (Å²) in [6.45, 7) is 11.4. The van der Waals surface area contributed by atoms with Gasteiger partial charge in [-0.3, -0.25) is 4.79 Å². The third-order valence-electron chi connectivity index (χ3n) is 5.45. The van der Waals surface area contributed by atoms with E-state index in [1.165, 1.54) is 0 Å². The standard InChI is InChI=1S/C24H32N2O2/c1-6-24(19-11-13-20(14-12-19)28-16-15-17(2)3)25-22-10-8-7-9-21(22)23(27)26(24)18(4)5/h7-14,17-18,25H,6,15-16H2,1-5H3. The summed E-state index contributed by atoms with van der Waals surface area (Å²) in [5.74, 6) is 1.57. The quantitative estimate of drug-likeness (QED) is 0.675. The Morgan fingerprint density at radius 2 is 1.71 bits per heavy atom. The lowest BCUT2D eigenvalue weighted by Crippen LogP contribution is -2.59. The molecule has 0 radical (unpaired) electrons. The predicted octanol–water partition coefficient (Wildman–Crippen LogP) is 5.65. The van der Waals surface area contributed by atoms with Crippen LogP contribution < -0.4 is 10.1 Å². The van der Waals surface area contributed by atoms with Crippen LogP contribution in [0.2, 0.25) is 0 Å². The summed E-state index contributed by atoms with van der Waals surface area (Å²) in [6, 6.07) is 16.0. The largest absolute Gasteiger partial charge is 0.494 e. The number of nitrogens with one attached hydrogen (secondary N) is 1. The van der Waals surface area contributed by atoms with Crippen LogP contribution in [-0.2, 0) is 5.66 Å². The highest BCUT2D eigenvalue weighted by molar-refractivity contribution is 6.02. The molecule has 28 heavy (non-hydrogen) atoms. The minimum atomic E-state index is -0.573. The Bertz CT molecular complexity index is 814. The van der Waals surface area contributed by atoms with Crippen molar-refractivity contribution in [2.75, 3.05) is 11.9 Å². The number of ether oxygens (including phenoxy) is 1. The van der Waals surface area contributed by atoms with Crippen molar-refractivity contribution in [1.82, 2.24) is 4.90 Å². The van der Waals surface area contributed by atoms with Crippen molar-refractivity contribution in [2.45, 2.75) is 59.2 Å². The molecule has 1 atom stereocenters. The third kappa shape index (κ3) is 3.73. The molecule has 0 spiro atoms. The van der Waals surface area contributed by atoms with E-state index < -0.39 is 5.66 Å². The molecule has 1 amide bonds. The third-order valence-corrected chi connectivity index (χ3v) is 5.45. The van der Waals surface area contributed by atoms with E-state index in [0.29, 0.717) is 5.92 Å². The minimum absolute atomic E-state index is 0.0651. The first-order valence-electron chi connectivity index (χ1n) is 10.3. The van der Waals surface area contributed by atoms with Gasteiger partial charge in [0.1, 0.15) is 11.4 Å². The van der Waals surface area contributed by atoms with E-state index in [1.54, 1.807) is 0 Å². The highest BCUT2D eigenvalue weighted by Gasteiger charge is 2.45. The van der Waals surface area contributed by atoms with Crippen molar-refractivity contribution in [3.63, 3.8) is 0 Å². The number of carbonyl (C=O) groups excluding carboxylic acids is 1. The van der Waals surface area contributed by atoms with Gasteiger partial charge < -0.3 is 15.0 Å². The summed E-state index contributed by atoms with van der Waals surface area (Å²) in [7, 11) is 0. The van der Waals surface area contributed by atoms with Gasteiger partial charge in [0.05, 0.1) is 12.2 Å². The topological polar surface area (TPSA) is 41.6 Å². The van der Waals surface area contributed by atoms with Gasteiger partial charge in [-0.2, -0.15) is 0 Å². The molecule has 1 aliphatic rings. The van der Waals surface area contributed by atoms with E-state index in [0.717, 1.165) is 42.0 Å². The Labute approximate surface area is 168 Å². The normalized spacial score (nSPS) is 19.0. The van der Waals surface area contributed by atoms with Crippen LogP contribution in [0, 0.1) is 5.92 Å². The fraction of sp³-hybridized carbons (Fsp3) is 0.458. The average molecular weight is 381 g/mol. The van der Waals surface area contributed by atoms with Crippen LogP contribution in [0.5, 0.6) is 5.75 Å². The number of hydrogen-bond acceptors (Lipinski definition) is 3. The molecule has 1 heterocycles. The van der Waals surface area contributed by atoms with E-state index in [9.17, 15) is 4.79 Å². The lowest BCUT2D eigenvalue weighted by Gasteiger charge is -2.50. The summed E-state index contributed by atoms with van der Waals surface area (Å²) in [4.78, 5) is 15.3. The van der Waals surface area contributed by atoms with Crippen molar-refractivity contribution in [2.24, 2.45) is 5.92 Å². The molecule has 2 aromatic carbocycles. The van der Waals surface area contributed by atoms with Gasteiger partial charge in [-0.15, -0.1) is 0 Å². The van der Waals surface area contributed by atoms with Crippen LogP contribution in [0.1, 0.15) is 63.4 Å². The number of rotatable bonds is 7. The highest BCUT2D eigenvalue weighted by atomic mass is 16.5. The van der Waals surface area contributed by atoms with Gasteiger partial charge in [0.25, 0.3) is 5.91 Å². The molecular formula is C24H32N2O2. The highest BCUT2D eigenvalue weighted by Crippen LogP contribution is 2.41. The van der Waals surface area contributed by atoms with Gasteiger partial charge >= 0.3 is 0 Å². The first-order valence-corrected chi connectivity index (χ1v) is 10.3. The second-order valence-electron chi connectivity index (χ2n) is 8.21. The van der Waals surface area contributed by atoms with Crippen LogP contribution in [-0.4, -0.2) is 23.5 Å². The zero-order valence-electron chi connectivity index (χ0n) is 17.7. The molecule has 4 nitrogen and oxygen atoms in total. The molecule has 1 aliphatic heterocycles. The average Bonchev–Trinajstić information content (AvgIpc) is 2.67. The van der Waals surface area contributed by atoms with Gasteiger partial charge in [0.15, 0.2) is 0 Å². The molecule has 0 fully saturated rings. The number of hydrogen-bond donors (Lipinski definition) is 1. The van der Waals surface area contributed by atoms with Crippen molar-refractivity contribution in [3.05, 3.63) is 59.7 Å². The smallest absolute Gasteiger partial charge is 0.258 e. The lowest BCUT2D eigenvalue weighted by atomic mass is 9.88. The molecule has 3 rings (SSSR count). The Hall–Kier alpha value is -2.49. The van der Waals surface area contributed by atoms with Crippen molar-refractivity contribution >= 4 is 11.6 Å². The second-order valence-corrected chi connectivity index (χ2v) is 8.21. The monoisotopic (exact) mass is 380 g/mol. The van der Waals surface area contributed by atoms with E-state index >= 15 is 0 Å². The molecule has 0 saturated carbocycles. The van der Waals surface area contributed by atoms with Crippen molar-refractivity contribution in [3.8, 4) is 5.75 Å². The Morgan fingerprint density at radius 3 is 2.32 bits per heavy atom. The number of nitrogens with zero attached hydrogens (tertiary/aromatic N) is 1. The molecule has 0 saturated heterocycles. The summed E-state index contributed by atoms with van der Waals surface area (Å²) in [5, 5.41) is 3.68. The molecule has 0 aliphatic carbocycles. The van der Waals surface area contributed by atoms with Gasteiger partial charge in [0.2, 0.25) is 0 Å². The van der Waals surface area contributed by atoms with E-state index in [4.69, 9.17) is 4.74 Å². The van der Waals surface area contributed by atoms with Crippen LogP contribution >= 0.6 is 0 Å². The van der Waals surface area contributed by atoms with Gasteiger partial charge in [0, 0.05) is 11.7 Å². The maximum atomic E-state index is 13.3. The molecule has 1 N–H and O–H groups in total. The van der Waals surface area contributed by atoms with Gasteiger partial charge in [-0.05, 0) is 62.4 Å². The maximum absolute atomic E-state index is 13.3. The number of amides is 1. The van der Waals surface area contributed by atoms with Crippen molar-refractivity contribution < 1.29 is 9.53 Å². The summed E-state index contributed by atoms with van der Waals surface area (Å²) in [6.07, 6.45) is 1.80. The Morgan fingerprint density at radius 1 is 1.04 bits per heavy atom. The zero-order chi connectivity index (χ0) is 20.3. The summed E-state index contributed by atoms with van der Waals surface area (Å²) >= 11 is 0.